The standard InChI is InChI=1S/C40H80O12/c1-3-5-7-9-11-13-15-17-19-21-23-25-27-50-36(31(43)29-41)37(51-28-26-24-22-20-18-16-14-12-10-8-6-4-2)35(46)39(48)40(49)38(47)34(45)33(44)32(30-42)52-40/h31-39,41-49H,3-30H2,1-2H3/t31-,32-,33-,34+,35+,36-,37-,38-,39?,40?/m1/s1. The van der Waals surface area contributed by atoms with Crippen molar-refractivity contribution >= 4 is 0 Å². The van der Waals surface area contributed by atoms with Crippen LogP contribution in [-0.4, -0.2) is 133 Å². The molecule has 10 atom stereocenters. The fraction of sp³-hybridized carbons (Fsp3) is 1.00. The van der Waals surface area contributed by atoms with Gasteiger partial charge in [-0.3, -0.25) is 0 Å². The zero-order valence-electron chi connectivity index (χ0n) is 32.7. The molecule has 312 valence electrons. The van der Waals surface area contributed by atoms with Crippen molar-refractivity contribution in [2.45, 2.75) is 229 Å². The molecule has 0 aromatic heterocycles. The third kappa shape index (κ3) is 18.9. The Morgan fingerprint density at radius 1 is 0.538 bits per heavy atom. The van der Waals surface area contributed by atoms with Crippen molar-refractivity contribution in [2.75, 3.05) is 26.4 Å². The molecular formula is C40H80O12. The van der Waals surface area contributed by atoms with Crippen LogP contribution in [0.1, 0.15) is 168 Å². The van der Waals surface area contributed by atoms with Crippen molar-refractivity contribution < 1.29 is 60.2 Å². The molecule has 0 spiro atoms. The van der Waals surface area contributed by atoms with Crippen LogP contribution < -0.4 is 0 Å². The molecule has 1 aliphatic heterocycles. The van der Waals surface area contributed by atoms with Gasteiger partial charge in [-0.2, -0.15) is 0 Å². The first-order valence-corrected chi connectivity index (χ1v) is 21.0. The van der Waals surface area contributed by atoms with Crippen LogP contribution in [0.5, 0.6) is 0 Å². The topological polar surface area (TPSA) is 210 Å². The monoisotopic (exact) mass is 753 g/mol. The highest BCUT2D eigenvalue weighted by atomic mass is 16.7. The summed E-state index contributed by atoms with van der Waals surface area (Å²) in [5, 5.41) is 95.3. The quantitative estimate of drug-likeness (QED) is 0.0413. The van der Waals surface area contributed by atoms with E-state index in [0.29, 0.717) is 12.8 Å². The van der Waals surface area contributed by atoms with Crippen molar-refractivity contribution in [3.05, 3.63) is 0 Å². The molecule has 0 amide bonds. The van der Waals surface area contributed by atoms with Gasteiger partial charge in [0.25, 0.3) is 0 Å². The number of ether oxygens (including phenoxy) is 3. The highest BCUT2D eigenvalue weighted by molar-refractivity contribution is 5.03. The average Bonchev–Trinajstić information content (AvgIpc) is 3.15. The molecule has 0 bridgehead atoms. The Morgan fingerprint density at radius 3 is 1.27 bits per heavy atom. The molecule has 1 heterocycles. The van der Waals surface area contributed by atoms with E-state index >= 15 is 0 Å². The van der Waals surface area contributed by atoms with Crippen molar-refractivity contribution in [2.24, 2.45) is 0 Å². The molecule has 52 heavy (non-hydrogen) atoms. The summed E-state index contributed by atoms with van der Waals surface area (Å²) < 4.78 is 17.3. The van der Waals surface area contributed by atoms with E-state index in [1.165, 1.54) is 96.3 Å². The first kappa shape index (κ1) is 49.5. The van der Waals surface area contributed by atoms with Gasteiger partial charge in [0.2, 0.25) is 5.79 Å². The van der Waals surface area contributed by atoms with Crippen LogP contribution in [0.2, 0.25) is 0 Å². The number of aliphatic hydroxyl groups is 9. The molecule has 1 saturated heterocycles. The first-order chi connectivity index (χ1) is 25.1. The van der Waals surface area contributed by atoms with Crippen molar-refractivity contribution in [1.29, 1.82) is 0 Å². The Balaban J connectivity index is 2.77. The smallest absolute Gasteiger partial charge is 0.224 e. The second-order valence-electron chi connectivity index (χ2n) is 15.2. The summed E-state index contributed by atoms with van der Waals surface area (Å²) in [6.45, 7) is 3.15. The second kappa shape index (κ2) is 30.7. The first-order valence-electron chi connectivity index (χ1n) is 21.0. The lowest BCUT2D eigenvalue weighted by Gasteiger charge is -2.49. The van der Waals surface area contributed by atoms with E-state index in [1.54, 1.807) is 0 Å². The van der Waals surface area contributed by atoms with Crippen molar-refractivity contribution in [3.63, 3.8) is 0 Å². The summed E-state index contributed by atoms with van der Waals surface area (Å²) in [5.41, 5.74) is 0. The molecule has 12 heteroatoms. The Kier molecular flexibility index (Phi) is 29.3. The predicted molar refractivity (Wildman–Crippen MR) is 202 cm³/mol. The highest BCUT2D eigenvalue weighted by Crippen LogP contribution is 2.34. The van der Waals surface area contributed by atoms with Gasteiger partial charge < -0.3 is 60.2 Å². The zero-order chi connectivity index (χ0) is 38.6. The van der Waals surface area contributed by atoms with Gasteiger partial charge >= 0.3 is 0 Å². The second-order valence-corrected chi connectivity index (χ2v) is 15.2. The molecule has 0 aromatic carbocycles. The van der Waals surface area contributed by atoms with E-state index in [-0.39, 0.29) is 13.2 Å². The maximum atomic E-state index is 11.4. The normalized spacial score (nSPS) is 25.2. The summed E-state index contributed by atoms with van der Waals surface area (Å²) >= 11 is 0. The van der Waals surface area contributed by atoms with E-state index in [2.05, 4.69) is 13.8 Å². The molecule has 0 aromatic rings. The third-order valence-corrected chi connectivity index (χ3v) is 10.6. The van der Waals surface area contributed by atoms with Gasteiger partial charge in [-0.25, -0.2) is 0 Å². The number of rotatable bonds is 35. The predicted octanol–water partition coefficient (Wildman–Crippen LogP) is 4.40. The summed E-state index contributed by atoms with van der Waals surface area (Å²) in [5.74, 6) is -3.02. The molecule has 9 N–H and O–H groups in total. The summed E-state index contributed by atoms with van der Waals surface area (Å²) in [6, 6.07) is 0. The van der Waals surface area contributed by atoms with Crippen LogP contribution in [0.25, 0.3) is 0 Å². The lowest BCUT2D eigenvalue weighted by molar-refractivity contribution is -0.387. The van der Waals surface area contributed by atoms with Gasteiger partial charge in [-0.1, -0.05) is 155 Å². The minimum atomic E-state index is -3.02. The Hall–Kier alpha value is -0.480. The van der Waals surface area contributed by atoms with Crippen LogP contribution >= 0.6 is 0 Å². The van der Waals surface area contributed by atoms with Gasteiger partial charge in [-0.05, 0) is 12.8 Å². The lowest BCUT2D eigenvalue weighted by atomic mass is 9.85. The van der Waals surface area contributed by atoms with E-state index in [1.807, 2.05) is 0 Å². The van der Waals surface area contributed by atoms with Gasteiger partial charge in [-0.15, -0.1) is 0 Å². The van der Waals surface area contributed by atoms with Crippen LogP contribution in [0.4, 0.5) is 0 Å². The summed E-state index contributed by atoms with van der Waals surface area (Å²) in [7, 11) is 0. The molecule has 2 unspecified atom stereocenters. The SMILES string of the molecule is CCCCCCCCCCCCCCO[C@@H]([C@H](OCCCCCCCCCCCCCC)[C@H](O)C(O)C1(O)O[C@H](CO)[C@@H](O)[C@H](O)[C@H]1O)[C@H](O)CO. The summed E-state index contributed by atoms with van der Waals surface area (Å²) in [6.07, 6.45) is 11.1. The van der Waals surface area contributed by atoms with Crippen LogP contribution in [0, 0.1) is 0 Å². The number of unbranched alkanes of at least 4 members (excludes halogenated alkanes) is 22. The fourth-order valence-corrected chi connectivity index (χ4v) is 7.09. The van der Waals surface area contributed by atoms with E-state index < -0.39 is 73.9 Å². The van der Waals surface area contributed by atoms with E-state index in [4.69, 9.17) is 14.2 Å². The molecule has 12 nitrogen and oxygen atoms in total. The summed E-state index contributed by atoms with van der Waals surface area (Å²) in [4.78, 5) is 0. The van der Waals surface area contributed by atoms with Crippen LogP contribution in [0.15, 0.2) is 0 Å². The highest BCUT2D eigenvalue weighted by Gasteiger charge is 2.59. The average molecular weight is 753 g/mol. The number of hydrogen-bond donors (Lipinski definition) is 9. The maximum absolute atomic E-state index is 11.4. The third-order valence-electron chi connectivity index (χ3n) is 10.6. The maximum Gasteiger partial charge on any atom is 0.224 e. The van der Waals surface area contributed by atoms with Crippen molar-refractivity contribution in [1.82, 2.24) is 0 Å². The minimum absolute atomic E-state index is 0.116. The molecule has 1 aliphatic rings. The molecule has 0 aliphatic carbocycles. The molecule has 0 saturated carbocycles. The van der Waals surface area contributed by atoms with Crippen LogP contribution in [0.3, 0.4) is 0 Å². The van der Waals surface area contributed by atoms with E-state index in [0.717, 1.165) is 44.9 Å². The zero-order valence-corrected chi connectivity index (χ0v) is 32.7. The van der Waals surface area contributed by atoms with Gasteiger partial charge in [0.15, 0.2) is 0 Å². The van der Waals surface area contributed by atoms with Crippen LogP contribution in [-0.2, 0) is 14.2 Å². The molecule has 0 radical (unpaired) electrons. The van der Waals surface area contributed by atoms with E-state index in [9.17, 15) is 46.0 Å². The van der Waals surface area contributed by atoms with Gasteiger partial charge in [0.1, 0.15) is 54.9 Å². The minimum Gasteiger partial charge on any atom is -0.394 e. The Labute approximate surface area is 314 Å². The fourth-order valence-electron chi connectivity index (χ4n) is 7.09. The molecule has 1 rings (SSSR count). The van der Waals surface area contributed by atoms with Gasteiger partial charge in [0, 0.05) is 13.2 Å². The van der Waals surface area contributed by atoms with Crippen molar-refractivity contribution in [3.8, 4) is 0 Å². The van der Waals surface area contributed by atoms with Gasteiger partial charge in [0.05, 0.1) is 13.2 Å². The largest absolute Gasteiger partial charge is 0.394 e. The Bertz CT molecular complexity index is 807. The number of hydrogen-bond acceptors (Lipinski definition) is 12. The Morgan fingerprint density at radius 2 is 0.904 bits per heavy atom. The molecular weight excluding hydrogens is 672 g/mol. The molecule has 1 fully saturated rings. The lowest BCUT2D eigenvalue weighted by Crippen LogP contribution is -2.72. The number of aliphatic hydroxyl groups excluding tert-OH is 8.